The van der Waals surface area contributed by atoms with Crippen LogP contribution in [0.15, 0.2) is 48.5 Å². The highest BCUT2D eigenvalue weighted by Gasteiger charge is 2.12. The first-order valence-electron chi connectivity index (χ1n) is 9.31. The number of hydrogen-bond donors (Lipinski definition) is 1. The van der Waals surface area contributed by atoms with E-state index in [1.807, 2.05) is 55.5 Å². The number of anilines is 1. The van der Waals surface area contributed by atoms with E-state index >= 15 is 0 Å². The number of nitrogens with zero attached hydrogens (tertiary/aromatic N) is 4. The molecule has 0 aliphatic heterocycles. The average molecular weight is 393 g/mol. The average Bonchev–Trinajstić information content (AvgIpc) is 3.16. The molecule has 3 rings (SSSR count). The van der Waals surface area contributed by atoms with Crippen molar-refractivity contribution in [2.75, 3.05) is 11.9 Å². The third-order valence-corrected chi connectivity index (χ3v) is 4.26. The summed E-state index contributed by atoms with van der Waals surface area (Å²) in [5.74, 6) is -0.205. The van der Waals surface area contributed by atoms with Crippen molar-refractivity contribution in [3.05, 3.63) is 59.7 Å². The summed E-state index contributed by atoms with van der Waals surface area (Å²) in [7, 11) is 0. The van der Waals surface area contributed by atoms with Crippen molar-refractivity contribution in [1.29, 1.82) is 0 Å². The summed E-state index contributed by atoms with van der Waals surface area (Å²) in [6.45, 7) is 5.57. The molecule has 0 radical (unpaired) electrons. The van der Waals surface area contributed by atoms with Gasteiger partial charge in [-0.25, -0.2) is 4.79 Å². The molecule has 0 aliphatic carbocycles. The van der Waals surface area contributed by atoms with Gasteiger partial charge in [-0.1, -0.05) is 55.8 Å². The molecule has 0 bridgehead atoms. The predicted molar refractivity (Wildman–Crippen MR) is 108 cm³/mol. The molecule has 1 N–H and O–H groups in total. The Morgan fingerprint density at radius 3 is 2.41 bits per heavy atom. The molecule has 0 spiro atoms. The first-order valence-corrected chi connectivity index (χ1v) is 9.31. The molecule has 8 nitrogen and oxygen atoms in total. The van der Waals surface area contributed by atoms with E-state index in [4.69, 9.17) is 4.74 Å². The predicted octanol–water partition coefficient (Wildman–Crippen LogP) is 2.95. The van der Waals surface area contributed by atoms with Gasteiger partial charge in [-0.3, -0.25) is 4.79 Å². The van der Waals surface area contributed by atoms with Crippen LogP contribution in [0, 0.1) is 6.92 Å². The number of aryl methyl sites for hydroxylation is 1. The van der Waals surface area contributed by atoms with Crippen LogP contribution in [0.5, 0.6) is 0 Å². The fraction of sp³-hybridized carbons (Fsp3) is 0.286. The molecule has 2 aromatic carbocycles. The minimum atomic E-state index is -0.622. The molecule has 0 fully saturated rings. The molecule has 0 unspecified atom stereocenters. The van der Waals surface area contributed by atoms with Crippen molar-refractivity contribution in [2.45, 2.75) is 33.2 Å². The Morgan fingerprint density at radius 2 is 1.76 bits per heavy atom. The first kappa shape index (κ1) is 20.2. The van der Waals surface area contributed by atoms with E-state index in [0.717, 1.165) is 15.9 Å². The molecular weight excluding hydrogens is 370 g/mol. The van der Waals surface area contributed by atoms with Gasteiger partial charge in [0.25, 0.3) is 5.91 Å². The Bertz CT molecular complexity index is 978. The number of esters is 1. The maximum absolute atomic E-state index is 12.0. The standard InChI is InChI=1S/C21H23N5O3/c1-14(2)16-8-10-18(11-9-16)22-19(27)13-29-20(28)12-26-24-21(23-25-26)17-6-4-15(3)5-7-17/h4-11,14H,12-13H2,1-3H3,(H,22,27). The number of nitrogens with one attached hydrogen (secondary N) is 1. The van der Waals surface area contributed by atoms with Crippen LogP contribution in [-0.2, 0) is 20.9 Å². The van der Waals surface area contributed by atoms with E-state index in [-0.39, 0.29) is 13.2 Å². The summed E-state index contributed by atoms with van der Waals surface area (Å²) in [5, 5.41) is 14.6. The Kier molecular flexibility index (Phi) is 6.33. The normalized spacial score (nSPS) is 10.8. The second-order valence-corrected chi connectivity index (χ2v) is 7.00. The van der Waals surface area contributed by atoms with Crippen LogP contribution in [0.25, 0.3) is 11.4 Å². The Balaban J connectivity index is 1.47. The van der Waals surface area contributed by atoms with Gasteiger partial charge in [0.2, 0.25) is 5.82 Å². The van der Waals surface area contributed by atoms with Crippen LogP contribution in [0.3, 0.4) is 0 Å². The highest BCUT2D eigenvalue weighted by Crippen LogP contribution is 2.17. The lowest BCUT2D eigenvalue weighted by atomic mass is 10.0. The van der Waals surface area contributed by atoms with Gasteiger partial charge in [-0.2, -0.15) is 4.80 Å². The smallest absolute Gasteiger partial charge is 0.330 e. The van der Waals surface area contributed by atoms with Crippen molar-refractivity contribution in [3.8, 4) is 11.4 Å². The minimum absolute atomic E-state index is 0.227. The van der Waals surface area contributed by atoms with E-state index in [0.29, 0.717) is 17.4 Å². The van der Waals surface area contributed by atoms with Gasteiger partial charge in [0.1, 0.15) is 0 Å². The number of tetrazole rings is 1. The summed E-state index contributed by atoms with van der Waals surface area (Å²) in [4.78, 5) is 25.1. The number of ether oxygens (including phenoxy) is 1. The fourth-order valence-corrected chi connectivity index (χ4v) is 2.58. The van der Waals surface area contributed by atoms with Crippen LogP contribution in [0.1, 0.15) is 30.9 Å². The number of carbonyl (C=O) groups is 2. The minimum Gasteiger partial charge on any atom is -0.454 e. The fourth-order valence-electron chi connectivity index (χ4n) is 2.58. The van der Waals surface area contributed by atoms with Crippen LogP contribution < -0.4 is 5.32 Å². The molecule has 29 heavy (non-hydrogen) atoms. The third kappa shape index (κ3) is 5.71. The summed E-state index contributed by atoms with van der Waals surface area (Å²) >= 11 is 0. The zero-order chi connectivity index (χ0) is 20.8. The lowest BCUT2D eigenvalue weighted by Crippen LogP contribution is -2.23. The van der Waals surface area contributed by atoms with E-state index in [9.17, 15) is 9.59 Å². The lowest BCUT2D eigenvalue weighted by molar-refractivity contribution is -0.148. The number of hydrogen-bond acceptors (Lipinski definition) is 6. The number of aromatic nitrogens is 4. The Hall–Kier alpha value is -3.55. The van der Waals surface area contributed by atoms with Gasteiger partial charge in [-0.15, -0.1) is 10.2 Å². The van der Waals surface area contributed by atoms with E-state index in [1.165, 1.54) is 5.56 Å². The summed E-state index contributed by atoms with van der Waals surface area (Å²) in [6.07, 6.45) is 0. The van der Waals surface area contributed by atoms with Crippen LogP contribution in [-0.4, -0.2) is 38.7 Å². The van der Waals surface area contributed by atoms with Crippen LogP contribution in [0.2, 0.25) is 0 Å². The number of rotatable bonds is 7. The Labute approximate surface area is 168 Å². The maximum atomic E-state index is 12.0. The van der Waals surface area contributed by atoms with Gasteiger partial charge in [0, 0.05) is 11.3 Å². The Morgan fingerprint density at radius 1 is 1.07 bits per heavy atom. The van der Waals surface area contributed by atoms with Gasteiger partial charge in [0.15, 0.2) is 13.2 Å². The molecule has 0 atom stereocenters. The van der Waals surface area contributed by atoms with Crippen LogP contribution >= 0.6 is 0 Å². The molecule has 8 heteroatoms. The number of benzene rings is 2. The monoisotopic (exact) mass is 393 g/mol. The summed E-state index contributed by atoms with van der Waals surface area (Å²) in [6, 6.07) is 15.2. The summed E-state index contributed by atoms with van der Waals surface area (Å²) < 4.78 is 4.99. The highest BCUT2D eigenvalue weighted by atomic mass is 16.5. The number of amides is 1. The molecule has 1 heterocycles. The number of carbonyl (C=O) groups excluding carboxylic acids is 2. The highest BCUT2D eigenvalue weighted by molar-refractivity contribution is 5.92. The second-order valence-electron chi connectivity index (χ2n) is 7.00. The molecule has 0 saturated heterocycles. The molecule has 1 aromatic heterocycles. The molecule has 0 aliphatic rings. The quantitative estimate of drug-likeness (QED) is 0.620. The van der Waals surface area contributed by atoms with E-state index in [2.05, 4.69) is 34.6 Å². The van der Waals surface area contributed by atoms with Gasteiger partial charge >= 0.3 is 5.97 Å². The van der Waals surface area contributed by atoms with Crippen molar-refractivity contribution >= 4 is 17.6 Å². The van der Waals surface area contributed by atoms with Gasteiger partial charge in [0.05, 0.1) is 0 Å². The topological polar surface area (TPSA) is 99.0 Å². The third-order valence-electron chi connectivity index (χ3n) is 4.26. The maximum Gasteiger partial charge on any atom is 0.330 e. The summed E-state index contributed by atoms with van der Waals surface area (Å²) in [5.41, 5.74) is 3.76. The van der Waals surface area contributed by atoms with Crippen molar-refractivity contribution in [3.63, 3.8) is 0 Å². The molecular formula is C21H23N5O3. The van der Waals surface area contributed by atoms with Crippen LogP contribution in [0.4, 0.5) is 5.69 Å². The zero-order valence-electron chi connectivity index (χ0n) is 16.6. The van der Waals surface area contributed by atoms with Crippen molar-refractivity contribution in [2.24, 2.45) is 0 Å². The van der Waals surface area contributed by atoms with Crippen molar-refractivity contribution in [1.82, 2.24) is 20.2 Å². The molecule has 3 aromatic rings. The zero-order valence-corrected chi connectivity index (χ0v) is 16.6. The largest absolute Gasteiger partial charge is 0.454 e. The molecule has 1 amide bonds. The first-order chi connectivity index (χ1) is 13.9. The second kappa shape index (κ2) is 9.09. The van der Waals surface area contributed by atoms with Gasteiger partial charge in [-0.05, 0) is 35.8 Å². The molecule has 0 saturated carbocycles. The van der Waals surface area contributed by atoms with Gasteiger partial charge < -0.3 is 10.1 Å². The van der Waals surface area contributed by atoms with E-state index in [1.54, 1.807) is 0 Å². The van der Waals surface area contributed by atoms with E-state index < -0.39 is 11.9 Å². The van der Waals surface area contributed by atoms with Crippen molar-refractivity contribution < 1.29 is 14.3 Å². The molecule has 150 valence electrons. The SMILES string of the molecule is Cc1ccc(-c2nnn(CC(=O)OCC(=O)Nc3ccc(C(C)C)cc3)n2)cc1. The lowest BCUT2D eigenvalue weighted by Gasteiger charge is -2.08.